The standard InChI is InChI=1S/C20H20N4S/c1-3-21-15-8-9-16(13(2)10-15)22-20-12-17(23-24-20)19-11-14-6-4-5-7-18(14)25-19/h4-12,21H,3H2,1-2H3,(H2,22,23,24). The number of hydrogen-bond donors (Lipinski definition) is 3. The van der Waals surface area contributed by atoms with Crippen molar-refractivity contribution in [3.63, 3.8) is 0 Å². The lowest BCUT2D eigenvalue weighted by atomic mass is 10.1. The van der Waals surface area contributed by atoms with Gasteiger partial charge in [0.15, 0.2) is 5.82 Å². The molecule has 4 aromatic rings. The molecule has 25 heavy (non-hydrogen) atoms. The third kappa shape index (κ3) is 3.23. The topological polar surface area (TPSA) is 52.7 Å². The van der Waals surface area contributed by atoms with Crippen LogP contribution in [-0.4, -0.2) is 16.7 Å². The predicted molar refractivity (Wildman–Crippen MR) is 108 cm³/mol. The number of nitrogens with zero attached hydrogens (tertiary/aromatic N) is 1. The first-order valence-corrected chi connectivity index (χ1v) is 9.20. The van der Waals surface area contributed by atoms with Crippen LogP contribution in [0.2, 0.25) is 0 Å². The zero-order chi connectivity index (χ0) is 17.2. The van der Waals surface area contributed by atoms with Crippen LogP contribution in [0.15, 0.2) is 54.6 Å². The second-order valence-electron chi connectivity index (χ2n) is 6.00. The molecular formula is C20H20N4S. The van der Waals surface area contributed by atoms with Crippen LogP contribution in [0.4, 0.5) is 17.2 Å². The van der Waals surface area contributed by atoms with Gasteiger partial charge in [-0.25, -0.2) is 0 Å². The normalized spacial score (nSPS) is 11.0. The second-order valence-corrected chi connectivity index (χ2v) is 7.08. The Kier molecular flexibility index (Phi) is 4.15. The van der Waals surface area contributed by atoms with Crippen molar-refractivity contribution in [2.75, 3.05) is 17.2 Å². The lowest BCUT2D eigenvalue weighted by Gasteiger charge is -2.10. The van der Waals surface area contributed by atoms with Gasteiger partial charge in [0.1, 0.15) is 0 Å². The summed E-state index contributed by atoms with van der Waals surface area (Å²) in [5, 5.41) is 15.5. The fourth-order valence-electron chi connectivity index (χ4n) is 2.88. The Balaban J connectivity index is 1.57. The van der Waals surface area contributed by atoms with E-state index < -0.39 is 0 Å². The van der Waals surface area contributed by atoms with Crippen LogP contribution in [0.5, 0.6) is 0 Å². The number of rotatable bonds is 5. The summed E-state index contributed by atoms with van der Waals surface area (Å²) in [4.78, 5) is 1.20. The van der Waals surface area contributed by atoms with Gasteiger partial charge in [0.25, 0.3) is 0 Å². The van der Waals surface area contributed by atoms with Crippen molar-refractivity contribution in [1.29, 1.82) is 0 Å². The summed E-state index contributed by atoms with van der Waals surface area (Å²) >= 11 is 1.77. The maximum absolute atomic E-state index is 4.41. The third-order valence-electron chi connectivity index (χ3n) is 4.14. The average Bonchev–Trinajstić information content (AvgIpc) is 3.24. The molecule has 0 radical (unpaired) electrons. The van der Waals surface area contributed by atoms with Crippen molar-refractivity contribution in [2.45, 2.75) is 13.8 Å². The van der Waals surface area contributed by atoms with Crippen molar-refractivity contribution in [1.82, 2.24) is 10.2 Å². The van der Waals surface area contributed by atoms with Crippen LogP contribution in [0.1, 0.15) is 12.5 Å². The highest BCUT2D eigenvalue weighted by molar-refractivity contribution is 7.22. The maximum Gasteiger partial charge on any atom is 0.152 e. The Bertz CT molecular complexity index is 982. The van der Waals surface area contributed by atoms with Gasteiger partial charge in [-0.2, -0.15) is 5.10 Å². The maximum atomic E-state index is 4.41. The molecule has 0 bridgehead atoms. The minimum atomic E-state index is 0.826. The minimum Gasteiger partial charge on any atom is -0.385 e. The van der Waals surface area contributed by atoms with Crippen LogP contribution in [0.25, 0.3) is 20.7 Å². The van der Waals surface area contributed by atoms with E-state index in [1.165, 1.54) is 20.5 Å². The summed E-state index contributed by atoms with van der Waals surface area (Å²) < 4.78 is 1.29. The molecule has 0 amide bonds. The van der Waals surface area contributed by atoms with E-state index in [1.807, 2.05) is 0 Å². The summed E-state index contributed by atoms with van der Waals surface area (Å²) in [5.74, 6) is 0.826. The van der Waals surface area contributed by atoms with E-state index in [0.29, 0.717) is 0 Å². The number of fused-ring (bicyclic) bond motifs is 1. The number of thiophene rings is 1. The third-order valence-corrected chi connectivity index (χ3v) is 5.29. The highest BCUT2D eigenvalue weighted by Crippen LogP contribution is 2.33. The van der Waals surface area contributed by atoms with Crippen LogP contribution in [-0.2, 0) is 0 Å². The van der Waals surface area contributed by atoms with Gasteiger partial charge in [-0.15, -0.1) is 11.3 Å². The lowest BCUT2D eigenvalue weighted by molar-refractivity contribution is 1.10. The van der Waals surface area contributed by atoms with E-state index in [0.717, 1.165) is 29.4 Å². The first-order chi connectivity index (χ1) is 12.2. The van der Waals surface area contributed by atoms with Crippen molar-refractivity contribution >= 4 is 38.6 Å². The molecule has 0 aliphatic rings. The molecule has 0 atom stereocenters. The molecule has 3 N–H and O–H groups in total. The van der Waals surface area contributed by atoms with Gasteiger partial charge in [0.05, 0.1) is 10.6 Å². The molecule has 0 saturated carbocycles. The first kappa shape index (κ1) is 15.7. The molecule has 0 unspecified atom stereocenters. The highest BCUT2D eigenvalue weighted by Gasteiger charge is 2.09. The minimum absolute atomic E-state index is 0.826. The van der Waals surface area contributed by atoms with Crippen molar-refractivity contribution in [3.05, 3.63) is 60.2 Å². The zero-order valence-corrected chi connectivity index (χ0v) is 15.1. The molecule has 126 valence electrons. The molecule has 2 aromatic carbocycles. The van der Waals surface area contributed by atoms with E-state index >= 15 is 0 Å². The fraction of sp³-hybridized carbons (Fsp3) is 0.150. The van der Waals surface area contributed by atoms with Gasteiger partial charge in [0.2, 0.25) is 0 Å². The summed E-state index contributed by atoms with van der Waals surface area (Å²) in [6, 6.07) is 19.0. The van der Waals surface area contributed by atoms with E-state index in [-0.39, 0.29) is 0 Å². The molecular weight excluding hydrogens is 328 g/mol. The summed E-state index contributed by atoms with van der Waals surface area (Å²) in [5.41, 5.74) is 4.42. The number of aromatic nitrogens is 2. The number of anilines is 3. The van der Waals surface area contributed by atoms with Gasteiger partial charge >= 0.3 is 0 Å². The molecule has 0 fully saturated rings. The molecule has 2 aromatic heterocycles. The Hall–Kier alpha value is -2.79. The lowest BCUT2D eigenvalue weighted by Crippen LogP contribution is -1.98. The van der Waals surface area contributed by atoms with Gasteiger partial charge in [-0.1, -0.05) is 18.2 Å². The number of aromatic amines is 1. The first-order valence-electron chi connectivity index (χ1n) is 8.39. The predicted octanol–water partition coefficient (Wildman–Crippen LogP) is 5.78. The largest absolute Gasteiger partial charge is 0.385 e. The van der Waals surface area contributed by atoms with Crippen LogP contribution < -0.4 is 10.6 Å². The Morgan fingerprint density at radius 1 is 1.08 bits per heavy atom. The molecule has 4 nitrogen and oxygen atoms in total. The summed E-state index contributed by atoms with van der Waals surface area (Å²) in [6.45, 7) is 5.12. The second kappa shape index (κ2) is 6.61. The number of benzene rings is 2. The van der Waals surface area contributed by atoms with Gasteiger partial charge < -0.3 is 10.6 Å². The Morgan fingerprint density at radius 3 is 2.76 bits per heavy atom. The highest BCUT2D eigenvalue weighted by atomic mass is 32.1. The van der Waals surface area contributed by atoms with Crippen molar-refractivity contribution in [2.24, 2.45) is 0 Å². The van der Waals surface area contributed by atoms with Crippen molar-refractivity contribution in [3.8, 4) is 10.6 Å². The molecule has 0 aliphatic heterocycles. The fourth-order valence-corrected chi connectivity index (χ4v) is 3.91. The van der Waals surface area contributed by atoms with E-state index in [2.05, 4.69) is 89.3 Å². The zero-order valence-electron chi connectivity index (χ0n) is 14.3. The molecule has 0 saturated heterocycles. The van der Waals surface area contributed by atoms with E-state index in [9.17, 15) is 0 Å². The molecule has 0 aliphatic carbocycles. The smallest absolute Gasteiger partial charge is 0.152 e. The van der Waals surface area contributed by atoms with E-state index in [4.69, 9.17) is 0 Å². The number of nitrogens with one attached hydrogen (secondary N) is 3. The Labute approximate surface area is 150 Å². The summed E-state index contributed by atoms with van der Waals surface area (Å²) in [6.07, 6.45) is 0. The molecule has 2 heterocycles. The van der Waals surface area contributed by atoms with E-state index in [1.54, 1.807) is 11.3 Å². The molecule has 4 rings (SSSR count). The average molecular weight is 348 g/mol. The van der Waals surface area contributed by atoms with Crippen molar-refractivity contribution < 1.29 is 0 Å². The summed E-state index contributed by atoms with van der Waals surface area (Å²) in [7, 11) is 0. The monoisotopic (exact) mass is 348 g/mol. The van der Waals surface area contributed by atoms with Gasteiger partial charge in [-0.05, 0) is 55.1 Å². The van der Waals surface area contributed by atoms with Crippen LogP contribution in [0.3, 0.4) is 0 Å². The number of aryl methyl sites for hydroxylation is 1. The van der Waals surface area contributed by atoms with Gasteiger partial charge in [0, 0.05) is 28.7 Å². The van der Waals surface area contributed by atoms with Gasteiger partial charge in [-0.3, -0.25) is 5.10 Å². The number of hydrogen-bond acceptors (Lipinski definition) is 4. The molecule has 5 heteroatoms. The molecule has 0 spiro atoms. The SMILES string of the molecule is CCNc1ccc(Nc2cc(-c3cc4ccccc4s3)[nH]n2)c(C)c1. The Morgan fingerprint density at radius 2 is 1.96 bits per heavy atom. The quantitative estimate of drug-likeness (QED) is 0.429. The number of H-pyrrole nitrogens is 1. The van der Waals surface area contributed by atoms with Crippen LogP contribution in [0, 0.1) is 6.92 Å². The van der Waals surface area contributed by atoms with Crippen LogP contribution >= 0.6 is 11.3 Å².